The molecular weight excluding hydrogens is 258 g/mol. The molecule has 0 unspecified atom stereocenters. The van der Waals surface area contributed by atoms with E-state index in [1.54, 1.807) is 6.92 Å². The van der Waals surface area contributed by atoms with Crippen molar-refractivity contribution < 1.29 is 4.79 Å². The summed E-state index contributed by atoms with van der Waals surface area (Å²) in [6, 6.07) is 7.59. The van der Waals surface area contributed by atoms with Gasteiger partial charge in [0.25, 0.3) is 0 Å². The molecule has 1 aliphatic rings. The minimum absolute atomic E-state index is 0.128. The Labute approximate surface area is 131 Å². The summed E-state index contributed by atoms with van der Waals surface area (Å²) in [6.45, 7) is 13.8. The van der Waals surface area contributed by atoms with Gasteiger partial charge >= 0.3 is 0 Å². The molecule has 1 fully saturated rings. The second-order valence-electron chi connectivity index (χ2n) is 5.33. The zero-order chi connectivity index (χ0) is 16.1. The zero-order valence-electron chi connectivity index (χ0n) is 14.6. The van der Waals surface area contributed by atoms with Crippen LogP contribution in [0.15, 0.2) is 24.3 Å². The number of hydrogen-bond donors (Lipinski definition) is 0. The number of ketones is 1. The van der Waals surface area contributed by atoms with E-state index in [0.29, 0.717) is 0 Å². The van der Waals surface area contributed by atoms with Gasteiger partial charge in [-0.25, -0.2) is 0 Å². The lowest BCUT2D eigenvalue weighted by molar-refractivity contribution is 0.101. The maximum absolute atomic E-state index is 10.8. The topological polar surface area (TPSA) is 20.3 Å². The number of aryl methyl sites for hydroxylation is 1. The summed E-state index contributed by atoms with van der Waals surface area (Å²) in [4.78, 5) is 13.4. The number of benzene rings is 1. The molecule has 0 saturated carbocycles. The molecule has 0 bridgehead atoms. The molecule has 0 amide bonds. The van der Waals surface area contributed by atoms with Gasteiger partial charge < -0.3 is 4.90 Å². The average Bonchev–Trinajstić information content (AvgIpc) is 2.51. The lowest BCUT2D eigenvalue weighted by atomic mass is 10.1. The highest BCUT2D eigenvalue weighted by Gasteiger charge is 2.07. The van der Waals surface area contributed by atoms with Crippen LogP contribution < -0.4 is 0 Å². The standard InChI is InChI=1S/C9H10O.C8H17N.C2H6/c1-7-4-3-5-9(6-7)8(2)10;1-2-6-9-7-4-3-5-8-9;1-2/h3-6H,1-2H3;2-8H2,1H3;1-2H3. The van der Waals surface area contributed by atoms with E-state index < -0.39 is 0 Å². The second-order valence-corrected chi connectivity index (χ2v) is 5.33. The van der Waals surface area contributed by atoms with Gasteiger partial charge in [-0.05, 0) is 58.8 Å². The number of carbonyl (C=O) groups excluding carboxylic acids is 1. The molecule has 0 spiro atoms. The van der Waals surface area contributed by atoms with E-state index in [0.717, 1.165) is 11.1 Å². The van der Waals surface area contributed by atoms with Gasteiger partial charge in [0.2, 0.25) is 0 Å². The molecular formula is C19H33NO. The van der Waals surface area contributed by atoms with Crippen molar-refractivity contribution >= 4 is 5.78 Å². The van der Waals surface area contributed by atoms with Crippen molar-refractivity contribution in [3.63, 3.8) is 0 Å². The lowest BCUT2D eigenvalue weighted by Gasteiger charge is -2.25. The van der Waals surface area contributed by atoms with Crippen LogP contribution in [0.3, 0.4) is 0 Å². The van der Waals surface area contributed by atoms with Crippen molar-refractivity contribution in [2.24, 2.45) is 0 Å². The Bertz CT molecular complexity index is 378. The predicted octanol–water partition coefficient (Wildman–Crippen LogP) is 5.11. The Balaban J connectivity index is 0.000000342. The number of rotatable bonds is 3. The van der Waals surface area contributed by atoms with E-state index in [2.05, 4.69) is 11.8 Å². The Kier molecular flexibility index (Phi) is 11.9. The molecule has 1 saturated heterocycles. The molecule has 120 valence electrons. The summed E-state index contributed by atoms with van der Waals surface area (Å²) in [6.07, 6.45) is 5.64. The highest BCUT2D eigenvalue weighted by atomic mass is 16.1. The summed E-state index contributed by atoms with van der Waals surface area (Å²) in [5, 5.41) is 0. The minimum Gasteiger partial charge on any atom is -0.303 e. The van der Waals surface area contributed by atoms with Crippen LogP contribution in [0.4, 0.5) is 0 Å². The van der Waals surface area contributed by atoms with E-state index in [4.69, 9.17) is 0 Å². The molecule has 0 N–H and O–H groups in total. The fourth-order valence-electron chi connectivity index (χ4n) is 2.36. The van der Waals surface area contributed by atoms with Crippen molar-refractivity contribution in [3.05, 3.63) is 35.4 Å². The van der Waals surface area contributed by atoms with Gasteiger partial charge in [0.05, 0.1) is 0 Å². The molecule has 2 nitrogen and oxygen atoms in total. The van der Waals surface area contributed by atoms with Crippen LogP contribution >= 0.6 is 0 Å². The largest absolute Gasteiger partial charge is 0.303 e. The van der Waals surface area contributed by atoms with Gasteiger partial charge in [0, 0.05) is 5.56 Å². The summed E-state index contributed by atoms with van der Waals surface area (Å²) in [7, 11) is 0. The van der Waals surface area contributed by atoms with Gasteiger partial charge in [-0.15, -0.1) is 0 Å². The highest BCUT2D eigenvalue weighted by Crippen LogP contribution is 2.08. The van der Waals surface area contributed by atoms with E-state index in [1.807, 2.05) is 45.0 Å². The third-order valence-corrected chi connectivity index (χ3v) is 3.41. The smallest absolute Gasteiger partial charge is 0.159 e. The number of piperidine rings is 1. The summed E-state index contributed by atoms with van der Waals surface area (Å²) >= 11 is 0. The SMILES string of the molecule is CC.CC(=O)c1cccc(C)c1.CCCN1CCCCC1. The molecule has 2 rings (SSSR count). The van der Waals surface area contributed by atoms with E-state index >= 15 is 0 Å². The van der Waals surface area contributed by atoms with Crippen molar-refractivity contribution in [2.45, 2.75) is 60.3 Å². The first-order valence-electron chi connectivity index (χ1n) is 8.43. The maximum atomic E-state index is 10.8. The Morgan fingerprint density at radius 1 is 1.14 bits per heavy atom. The van der Waals surface area contributed by atoms with Crippen molar-refractivity contribution in [1.82, 2.24) is 4.90 Å². The summed E-state index contributed by atoms with van der Waals surface area (Å²) < 4.78 is 0. The van der Waals surface area contributed by atoms with Crippen LogP contribution in [0.25, 0.3) is 0 Å². The first-order valence-corrected chi connectivity index (χ1v) is 8.43. The Hall–Kier alpha value is -1.15. The lowest BCUT2D eigenvalue weighted by Crippen LogP contribution is -2.30. The van der Waals surface area contributed by atoms with Crippen molar-refractivity contribution in [2.75, 3.05) is 19.6 Å². The van der Waals surface area contributed by atoms with Crippen LogP contribution in [-0.4, -0.2) is 30.3 Å². The van der Waals surface area contributed by atoms with E-state index in [1.165, 1.54) is 45.3 Å². The molecule has 0 atom stereocenters. The van der Waals surface area contributed by atoms with Crippen LogP contribution in [0.5, 0.6) is 0 Å². The minimum atomic E-state index is 0.128. The monoisotopic (exact) mass is 291 g/mol. The molecule has 1 aromatic rings. The highest BCUT2D eigenvalue weighted by molar-refractivity contribution is 5.94. The Morgan fingerprint density at radius 2 is 1.76 bits per heavy atom. The van der Waals surface area contributed by atoms with Gasteiger partial charge in [0.15, 0.2) is 5.78 Å². The van der Waals surface area contributed by atoms with Crippen molar-refractivity contribution in [1.29, 1.82) is 0 Å². The molecule has 0 aromatic heterocycles. The normalized spacial score (nSPS) is 14.3. The number of hydrogen-bond acceptors (Lipinski definition) is 2. The Morgan fingerprint density at radius 3 is 2.19 bits per heavy atom. The fraction of sp³-hybridized carbons (Fsp3) is 0.632. The molecule has 1 heterocycles. The van der Waals surface area contributed by atoms with E-state index in [9.17, 15) is 4.79 Å². The third kappa shape index (κ3) is 9.41. The maximum Gasteiger partial charge on any atom is 0.159 e. The van der Waals surface area contributed by atoms with Gasteiger partial charge in [-0.3, -0.25) is 4.79 Å². The number of Topliss-reactive ketones (excluding diaryl/α,β-unsaturated/α-hetero) is 1. The molecule has 1 aliphatic heterocycles. The van der Waals surface area contributed by atoms with Gasteiger partial charge in [-0.1, -0.05) is 51.0 Å². The number of nitrogens with zero attached hydrogens (tertiary/aromatic N) is 1. The molecule has 21 heavy (non-hydrogen) atoms. The predicted molar refractivity (Wildman–Crippen MR) is 93.1 cm³/mol. The average molecular weight is 291 g/mol. The quantitative estimate of drug-likeness (QED) is 0.722. The van der Waals surface area contributed by atoms with Gasteiger partial charge in [-0.2, -0.15) is 0 Å². The molecule has 1 aromatic carbocycles. The van der Waals surface area contributed by atoms with Crippen LogP contribution in [-0.2, 0) is 0 Å². The first-order chi connectivity index (χ1) is 10.1. The van der Waals surface area contributed by atoms with E-state index in [-0.39, 0.29) is 5.78 Å². The van der Waals surface area contributed by atoms with Crippen LogP contribution in [0.1, 0.15) is 69.3 Å². The molecule has 2 heteroatoms. The van der Waals surface area contributed by atoms with Crippen LogP contribution in [0.2, 0.25) is 0 Å². The first kappa shape index (κ1) is 19.9. The molecule has 0 radical (unpaired) electrons. The third-order valence-electron chi connectivity index (χ3n) is 3.41. The summed E-state index contributed by atoms with van der Waals surface area (Å²) in [5.74, 6) is 0.128. The van der Waals surface area contributed by atoms with Crippen LogP contribution in [0, 0.1) is 6.92 Å². The summed E-state index contributed by atoms with van der Waals surface area (Å²) in [5.41, 5.74) is 1.92. The number of carbonyl (C=O) groups is 1. The second kappa shape index (κ2) is 12.6. The van der Waals surface area contributed by atoms with Gasteiger partial charge in [0.1, 0.15) is 0 Å². The zero-order valence-corrected chi connectivity index (χ0v) is 14.6. The molecule has 0 aliphatic carbocycles. The van der Waals surface area contributed by atoms with Crippen molar-refractivity contribution in [3.8, 4) is 0 Å². The fourth-order valence-corrected chi connectivity index (χ4v) is 2.36. The number of likely N-dealkylation sites (tertiary alicyclic amines) is 1.